The van der Waals surface area contributed by atoms with Gasteiger partial charge < -0.3 is 0 Å². The Bertz CT molecular complexity index is 49.7. The molecule has 1 nitrogen and oxygen atoms in total. The molecule has 0 fully saturated rings. The molecule has 3 heteroatoms. The van der Waals surface area contributed by atoms with Crippen molar-refractivity contribution < 1.29 is 21.5 Å². The Balaban J connectivity index is 2.72. The molecule has 52 valence electrons. The molecule has 0 radical (unpaired) electrons. The summed E-state index contributed by atoms with van der Waals surface area (Å²) in [6, 6.07) is 0. The summed E-state index contributed by atoms with van der Waals surface area (Å²) in [6.45, 7) is 2.12. The standard InChI is InChI=1S/C5H13INS/c1-5(8)3-2-4-6-7/h5,8H,2-4,7H2,1H3/q-1. The van der Waals surface area contributed by atoms with Crippen molar-refractivity contribution in [1.82, 2.24) is 0 Å². The van der Waals surface area contributed by atoms with E-state index in [0.29, 0.717) is 5.25 Å². The van der Waals surface area contributed by atoms with Crippen LogP contribution in [0, 0.1) is 0 Å². The predicted octanol–water partition coefficient (Wildman–Crippen LogP) is -1.95. The van der Waals surface area contributed by atoms with Gasteiger partial charge in [0.1, 0.15) is 0 Å². The third-order valence-corrected chi connectivity index (χ3v) is 2.51. The average molecular weight is 246 g/mol. The fourth-order valence-corrected chi connectivity index (χ4v) is 1.51. The minimum atomic E-state index is 0.0415. The SMILES string of the molecule is CC(S)CCC[I-]N. The van der Waals surface area contributed by atoms with Gasteiger partial charge in [0.15, 0.2) is 0 Å². The first-order valence-electron chi connectivity index (χ1n) is 2.73. The van der Waals surface area contributed by atoms with Gasteiger partial charge in [-0.3, -0.25) is 0 Å². The van der Waals surface area contributed by atoms with Gasteiger partial charge in [0.25, 0.3) is 0 Å². The van der Waals surface area contributed by atoms with Crippen molar-refractivity contribution in [2.75, 3.05) is 4.43 Å². The zero-order chi connectivity index (χ0) is 6.41. The summed E-state index contributed by atoms with van der Waals surface area (Å²) < 4.78 is 6.65. The maximum absolute atomic E-state index is 5.40. The van der Waals surface area contributed by atoms with Crippen LogP contribution in [-0.4, -0.2) is 9.68 Å². The van der Waals surface area contributed by atoms with Crippen LogP contribution >= 0.6 is 12.6 Å². The molecule has 0 heterocycles. The quantitative estimate of drug-likeness (QED) is 0.195. The summed E-state index contributed by atoms with van der Waals surface area (Å²) in [5.41, 5.74) is 0. The number of rotatable bonds is 4. The maximum atomic E-state index is 5.40. The molecular weight excluding hydrogens is 233 g/mol. The van der Waals surface area contributed by atoms with E-state index in [0.717, 1.165) is 0 Å². The van der Waals surface area contributed by atoms with Gasteiger partial charge in [-0.05, 0) is 0 Å². The molecule has 0 saturated carbocycles. The molecule has 8 heavy (non-hydrogen) atoms. The van der Waals surface area contributed by atoms with Gasteiger partial charge in [-0.25, -0.2) is 0 Å². The van der Waals surface area contributed by atoms with Gasteiger partial charge in [-0.1, -0.05) is 0 Å². The fraction of sp³-hybridized carbons (Fsp3) is 1.00. The van der Waals surface area contributed by atoms with E-state index < -0.39 is 0 Å². The fourth-order valence-electron chi connectivity index (χ4n) is 0.450. The van der Waals surface area contributed by atoms with Crippen molar-refractivity contribution in [3.05, 3.63) is 0 Å². The van der Waals surface area contributed by atoms with Gasteiger partial charge in [0.05, 0.1) is 0 Å². The molecule has 0 aliphatic rings. The summed E-state index contributed by atoms with van der Waals surface area (Å²) in [4.78, 5) is 0. The van der Waals surface area contributed by atoms with E-state index in [1.807, 2.05) is 0 Å². The van der Waals surface area contributed by atoms with Crippen molar-refractivity contribution in [3.63, 3.8) is 0 Å². The summed E-state index contributed by atoms with van der Waals surface area (Å²) in [5, 5.41) is 0.561. The van der Waals surface area contributed by atoms with Crippen molar-refractivity contribution >= 4 is 12.6 Å². The molecule has 0 saturated heterocycles. The van der Waals surface area contributed by atoms with E-state index in [2.05, 4.69) is 19.6 Å². The van der Waals surface area contributed by atoms with Gasteiger partial charge in [-0.2, -0.15) is 0 Å². The first-order chi connectivity index (χ1) is 3.77. The van der Waals surface area contributed by atoms with Gasteiger partial charge in [0, 0.05) is 0 Å². The topological polar surface area (TPSA) is 26.0 Å². The number of hydrogen-bond donors (Lipinski definition) is 2. The predicted molar refractivity (Wildman–Crippen MR) is 36.7 cm³/mol. The first kappa shape index (κ1) is 9.04. The second-order valence-corrected chi connectivity index (χ2v) is 4.68. The number of halogens is 1. The number of hydrogen-bond acceptors (Lipinski definition) is 2. The van der Waals surface area contributed by atoms with E-state index in [1.54, 1.807) is 0 Å². The Morgan fingerprint density at radius 2 is 2.38 bits per heavy atom. The summed E-state index contributed by atoms with van der Waals surface area (Å²) in [7, 11) is 0. The minimum absolute atomic E-state index is 0.0415. The molecule has 0 amide bonds. The number of nitrogens with two attached hydrogens (primary N) is 1. The molecule has 0 aliphatic heterocycles. The third kappa shape index (κ3) is 7.04. The van der Waals surface area contributed by atoms with E-state index in [-0.39, 0.29) is 21.5 Å². The Kier molecular flexibility index (Phi) is 6.97. The molecule has 0 bridgehead atoms. The zero-order valence-electron chi connectivity index (χ0n) is 5.10. The monoisotopic (exact) mass is 246 g/mol. The normalized spacial score (nSPS) is 14.4. The molecule has 0 aromatic carbocycles. The van der Waals surface area contributed by atoms with Crippen molar-refractivity contribution in [2.45, 2.75) is 25.0 Å². The molecule has 0 spiro atoms. The Morgan fingerprint density at radius 3 is 2.75 bits per heavy atom. The van der Waals surface area contributed by atoms with Crippen LogP contribution in [0.1, 0.15) is 19.8 Å². The van der Waals surface area contributed by atoms with Crippen LogP contribution in [0.3, 0.4) is 0 Å². The average Bonchev–Trinajstić information content (AvgIpc) is 1.66. The molecular formula is C5H13INS-. The second kappa shape index (κ2) is 6.16. The van der Waals surface area contributed by atoms with Crippen LogP contribution in [0.15, 0.2) is 0 Å². The molecule has 0 rings (SSSR count). The Labute approximate surface area is 67.4 Å². The summed E-state index contributed by atoms with van der Waals surface area (Å²) in [5.74, 6) is 0. The molecule has 1 unspecified atom stereocenters. The molecule has 0 aromatic heterocycles. The van der Waals surface area contributed by atoms with E-state index in [4.69, 9.17) is 3.95 Å². The second-order valence-electron chi connectivity index (χ2n) is 1.83. The number of thiol groups is 1. The van der Waals surface area contributed by atoms with E-state index in [9.17, 15) is 0 Å². The van der Waals surface area contributed by atoms with E-state index in [1.165, 1.54) is 17.3 Å². The molecule has 0 aliphatic carbocycles. The third-order valence-electron chi connectivity index (χ3n) is 0.865. The van der Waals surface area contributed by atoms with Gasteiger partial charge in [-0.15, -0.1) is 0 Å². The Hall–Kier alpha value is 1.04. The Morgan fingerprint density at radius 1 is 1.75 bits per heavy atom. The van der Waals surface area contributed by atoms with Crippen LogP contribution in [0.2, 0.25) is 0 Å². The summed E-state index contributed by atoms with van der Waals surface area (Å²) in [6.07, 6.45) is 2.49. The van der Waals surface area contributed by atoms with Crippen LogP contribution < -0.4 is 25.4 Å². The van der Waals surface area contributed by atoms with Crippen LogP contribution in [0.5, 0.6) is 0 Å². The number of alkyl halides is 1. The van der Waals surface area contributed by atoms with E-state index >= 15 is 0 Å². The summed E-state index contributed by atoms with van der Waals surface area (Å²) >= 11 is 4.28. The molecule has 0 aromatic rings. The van der Waals surface area contributed by atoms with Crippen LogP contribution in [0.4, 0.5) is 0 Å². The van der Waals surface area contributed by atoms with Gasteiger partial charge >= 0.3 is 67.5 Å². The van der Waals surface area contributed by atoms with Crippen molar-refractivity contribution in [3.8, 4) is 0 Å². The van der Waals surface area contributed by atoms with Crippen LogP contribution in [-0.2, 0) is 0 Å². The molecule has 2 N–H and O–H groups in total. The molecule has 1 atom stereocenters. The van der Waals surface area contributed by atoms with Gasteiger partial charge in [0.2, 0.25) is 0 Å². The van der Waals surface area contributed by atoms with Crippen molar-refractivity contribution in [1.29, 1.82) is 0 Å². The zero-order valence-corrected chi connectivity index (χ0v) is 8.15. The van der Waals surface area contributed by atoms with Crippen molar-refractivity contribution in [2.24, 2.45) is 3.95 Å². The van der Waals surface area contributed by atoms with Crippen LogP contribution in [0.25, 0.3) is 0 Å². The first-order valence-corrected chi connectivity index (χ1v) is 6.02.